The zero-order valence-corrected chi connectivity index (χ0v) is 16.4. The number of esters is 1. The Morgan fingerprint density at radius 1 is 1.30 bits per heavy atom. The van der Waals surface area contributed by atoms with E-state index >= 15 is 0 Å². The number of carbonyl (C=O) groups is 2. The Kier molecular flexibility index (Phi) is 6.16. The van der Waals surface area contributed by atoms with Gasteiger partial charge >= 0.3 is 5.97 Å². The number of aromatic nitrogens is 2. The number of hydrogen-bond donors (Lipinski definition) is 0. The summed E-state index contributed by atoms with van der Waals surface area (Å²) >= 11 is 6.47. The topological polar surface area (TPSA) is 64.4 Å². The van der Waals surface area contributed by atoms with Crippen LogP contribution >= 0.6 is 11.6 Å². The summed E-state index contributed by atoms with van der Waals surface area (Å²) in [5, 5.41) is 4.88. The summed E-state index contributed by atoms with van der Waals surface area (Å²) in [7, 11) is 0. The summed E-state index contributed by atoms with van der Waals surface area (Å²) in [5.41, 5.74) is 2.23. The number of para-hydroxylation sites is 1. The lowest BCUT2D eigenvalue weighted by Crippen LogP contribution is -2.41. The molecule has 7 heteroatoms. The van der Waals surface area contributed by atoms with Crippen LogP contribution in [0.5, 0.6) is 0 Å². The summed E-state index contributed by atoms with van der Waals surface area (Å²) in [6.07, 6.45) is 2.69. The Balaban J connectivity index is 1.69. The average molecular weight is 390 g/mol. The summed E-state index contributed by atoms with van der Waals surface area (Å²) in [6.45, 7) is 4.45. The van der Waals surface area contributed by atoms with Gasteiger partial charge < -0.3 is 9.64 Å². The minimum atomic E-state index is -0.493. The van der Waals surface area contributed by atoms with E-state index in [-0.39, 0.29) is 18.5 Å². The Bertz CT molecular complexity index is 819. The quantitative estimate of drug-likeness (QED) is 0.707. The molecule has 0 spiro atoms. The van der Waals surface area contributed by atoms with Crippen molar-refractivity contribution < 1.29 is 14.3 Å². The van der Waals surface area contributed by atoms with E-state index in [9.17, 15) is 9.59 Å². The monoisotopic (exact) mass is 389 g/mol. The highest BCUT2D eigenvalue weighted by molar-refractivity contribution is 6.30. The number of halogens is 1. The predicted molar refractivity (Wildman–Crippen MR) is 103 cm³/mol. The van der Waals surface area contributed by atoms with E-state index in [2.05, 4.69) is 5.10 Å². The van der Waals surface area contributed by atoms with Gasteiger partial charge in [-0.25, -0.2) is 9.48 Å². The molecule has 1 aromatic carbocycles. The van der Waals surface area contributed by atoms with E-state index < -0.39 is 6.04 Å². The van der Waals surface area contributed by atoms with Gasteiger partial charge in [-0.3, -0.25) is 4.79 Å². The minimum Gasteiger partial charge on any atom is -0.459 e. The molecule has 6 nitrogen and oxygen atoms in total. The van der Waals surface area contributed by atoms with Crippen LogP contribution < -0.4 is 0 Å². The van der Waals surface area contributed by atoms with Crippen molar-refractivity contribution in [2.45, 2.75) is 52.2 Å². The molecule has 0 aliphatic carbocycles. The molecule has 0 N–H and O–H groups in total. The Morgan fingerprint density at radius 2 is 2.04 bits per heavy atom. The maximum Gasteiger partial charge on any atom is 0.329 e. The highest BCUT2D eigenvalue weighted by Gasteiger charge is 2.35. The van der Waals surface area contributed by atoms with Gasteiger partial charge in [0.1, 0.15) is 17.8 Å². The molecule has 27 heavy (non-hydrogen) atoms. The van der Waals surface area contributed by atoms with E-state index in [1.165, 1.54) is 0 Å². The van der Waals surface area contributed by atoms with Crippen molar-refractivity contribution in [3.05, 3.63) is 46.7 Å². The van der Waals surface area contributed by atoms with Gasteiger partial charge in [0.05, 0.1) is 11.4 Å². The molecule has 2 aromatic rings. The van der Waals surface area contributed by atoms with E-state index in [1.807, 2.05) is 44.2 Å². The first kappa shape index (κ1) is 19.4. The summed E-state index contributed by atoms with van der Waals surface area (Å²) < 4.78 is 7.14. The molecule has 1 amide bonds. The van der Waals surface area contributed by atoms with Gasteiger partial charge in [0, 0.05) is 18.5 Å². The van der Waals surface area contributed by atoms with Crippen molar-refractivity contribution in [3.63, 3.8) is 0 Å². The minimum absolute atomic E-state index is 0.0167. The maximum absolute atomic E-state index is 12.6. The number of ether oxygens (including phenoxy) is 1. The highest BCUT2D eigenvalue weighted by Crippen LogP contribution is 2.25. The number of carbonyl (C=O) groups excluding carboxylic acids is 2. The molecule has 1 saturated heterocycles. The van der Waals surface area contributed by atoms with Gasteiger partial charge in [-0.05, 0) is 38.3 Å². The first-order valence-corrected chi connectivity index (χ1v) is 9.66. The molecule has 1 aliphatic rings. The third kappa shape index (κ3) is 4.16. The lowest BCUT2D eigenvalue weighted by Gasteiger charge is -2.23. The predicted octanol–water partition coefficient (Wildman–Crippen LogP) is 3.67. The van der Waals surface area contributed by atoms with Crippen molar-refractivity contribution >= 4 is 23.5 Å². The second-order valence-corrected chi connectivity index (χ2v) is 7.06. The molecular weight excluding hydrogens is 366 g/mol. The third-order valence-electron chi connectivity index (χ3n) is 4.79. The van der Waals surface area contributed by atoms with E-state index in [4.69, 9.17) is 16.3 Å². The highest BCUT2D eigenvalue weighted by atomic mass is 35.5. The molecule has 0 bridgehead atoms. The Labute approximate surface area is 164 Å². The van der Waals surface area contributed by atoms with Crippen LogP contribution in [-0.2, 0) is 20.9 Å². The van der Waals surface area contributed by atoms with Crippen molar-refractivity contribution in [1.29, 1.82) is 0 Å². The fourth-order valence-electron chi connectivity index (χ4n) is 3.34. The number of rotatable bonds is 6. The van der Waals surface area contributed by atoms with Crippen molar-refractivity contribution in [2.75, 3.05) is 6.54 Å². The molecular formula is C20H24ClN3O3. The van der Waals surface area contributed by atoms with E-state index in [1.54, 1.807) is 9.58 Å². The van der Waals surface area contributed by atoms with Crippen LogP contribution in [-0.4, -0.2) is 39.1 Å². The van der Waals surface area contributed by atoms with Crippen molar-refractivity contribution in [3.8, 4) is 5.69 Å². The second-order valence-electron chi connectivity index (χ2n) is 6.70. The number of hydrogen-bond acceptors (Lipinski definition) is 4. The molecule has 3 rings (SSSR count). The molecule has 2 heterocycles. The van der Waals surface area contributed by atoms with E-state index in [0.29, 0.717) is 35.8 Å². The van der Waals surface area contributed by atoms with Gasteiger partial charge in [-0.2, -0.15) is 5.10 Å². The summed E-state index contributed by atoms with van der Waals surface area (Å²) in [5.74, 6) is -0.358. The van der Waals surface area contributed by atoms with Gasteiger partial charge in [0.15, 0.2) is 0 Å². The molecule has 0 radical (unpaired) electrons. The van der Waals surface area contributed by atoms with Crippen LogP contribution in [0.15, 0.2) is 30.3 Å². The van der Waals surface area contributed by atoms with Crippen LogP contribution in [0.25, 0.3) is 5.69 Å². The van der Waals surface area contributed by atoms with Gasteiger partial charge in [-0.15, -0.1) is 0 Å². The van der Waals surface area contributed by atoms with E-state index in [0.717, 1.165) is 18.5 Å². The molecule has 1 atom stereocenters. The Hall–Kier alpha value is -2.34. The zero-order valence-electron chi connectivity index (χ0n) is 15.7. The number of benzene rings is 1. The molecule has 144 valence electrons. The van der Waals surface area contributed by atoms with Crippen molar-refractivity contribution in [2.24, 2.45) is 0 Å². The lowest BCUT2D eigenvalue weighted by molar-refractivity contribution is -0.154. The molecule has 1 unspecified atom stereocenters. The largest absolute Gasteiger partial charge is 0.459 e. The van der Waals surface area contributed by atoms with Crippen LogP contribution in [0.3, 0.4) is 0 Å². The third-order valence-corrected chi connectivity index (χ3v) is 5.18. The second kappa shape index (κ2) is 8.57. The van der Waals surface area contributed by atoms with Crippen molar-refractivity contribution in [1.82, 2.24) is 14.7 Å². The SMILES string of the molecule is CCCC(=O)N1CCCC1C(=O)OCc1c(C)nn(-c2ccccc2)c1Cl. The van der Waals surface area contributed by atoms with Crippen LogP contribution in [0.4, 0.5) is 0 Å². The van der Waals surface area contributed by atoms with Crippen LogP contribution in [0, 0.1) is 6.92 Å². The molecule has 0 saturated carbocycles. The van der Waals surface area contributed by atoms with Gasteiger partial charge in [-0.1, -0.05) is 36.7 Å². The number of nitrogens with zero attached hydrogens (tertiary/aromatic N) is 3. The van der Waals surface area contributed by atoms with Crippen LogP contribution in [0.1, 0.15) is 43.9 Å². The molecule has 1 fully saturated rings. The first-order chi connectivity index (χ1) is 13.0. The Morgan fingerprint density at radius 3 is 2.74 bits per heavy atom. The molecule has 1 aliphatic heterocycles. The maximum atomic E-state index is 12.6. The average Bonchev–Trinajstić information content (AvgIpc) is 3.26. The van der Waals surface area contributed by atoms with Crippen LogP contribution in [0.2, 0.25) is 5.15 Å². The standard InChI is InChI=1S/C20H24ClN3O3/c1-3-8-18(25)23-12-7-11-17(23)20(26)27-13-16-14(2)22-24(19(16)21)15-9-5-4-6-10-15/h4-6,9-10,17H,3,7-8,11-13H2,1-2H3. The van der Waals surface area contributed by atoms with Gasteiger partial charge in [0.2, 0.25) is 5.91 Å². The normalized spacial score (nSPS) is 16.6. The molecule has 1 aromatic heterocycles. The number of aryl methyl sites for hydroxylation is 1. The summed E-state index contributed by atoms with van der Waals surface area (Å²) in [6, 6.07) is 9.05. The van der Waals surface area contributed by atoms with Gasteiger partial charge in [0.25, 0.3) is 0 Å². The number of likely N-dealkylation sites (tertiary alicyclic amines) is 1. The number of amides is 1. The summed E-state index contributed by atoms with van der Waals surface area (Å²) in [4.78, 5) is 26.4. The lowest BCUT2D eigenvalue weighted by atomic mass is 10.2. The fourth-order valence-corrected chi connectivity index (χ4v) is 3.67. The zero-order chi connectivity index (χ0) is 19.4. The smallest absolute Gasteiger partial charge is 0.329 e. The first-order valence-electron chi connectivity index (χ1n) is 9.28. The fraction of sp³-hybridized carbons (Fsp3) is 0.450.